The number of carboxylic acid groups (broad SMARTS) is 1. The molecule has 0 bridgehead atoms. The van der Waals surface area contributed by atoms with E-state index >= 15 is 0 Å². The lowest BCUT2D eigenvalue weighted by atomic mass is 10.0. The van der Waals surface area contributed by atoms with Crippen LogP contribution in [0.1, 0.15) is 19.8 Å². The number of carboxylic acids is 1. The van der Waals surface area contributed by atoms with E-state index in [0.717, 1.165) is 16.5 Å². The summed E-state index contributed by atoms with van der Waals surface area (Å²) in [7, 11) is 0. The van der Waals surface area contributed by atoms with E-state index in [1.165, 1.54) is 6.07 Å². The number of fused-ring (bicyclic) bond motifs is 1. The first-order valence-electron chi connectivity index (χ1n) is 9.23. The van der Waals surface area contributed by atoms with E-state index in [1.807, 2.05) is 30.3 Å². The SMILES string of the molecule is C[C@@H](Oc1ccc2c(-c3ccccc3)cc(=O)oc2c1)C(=O)NCCCC(=O)O. The summed E-state index contributed by atoms with van der Waals surface area (Å²) in [6, 6.07) is 16.0. The summed E-state index contributed by atoms with van der Waals surface area (Å²) in [5.41, 5.74) is 1.54. The van der Waals surface area contributed by atoms with Crippen molar-refractivity contribution in [2.75, 3.05) is 6.54 Å². The Bertz CT molecular complexity index is 1070. The molecular formula is C22H21NO6. The van der Waals surface area contributed by atoms with Gasteiger partial charge in [0.15, 0.2) is 6.10 Å². The number of aliphatic carboxylic acids is 1. The van der Waals surface area contributed by atoms with Crippen LogP contribution in [0.4, 0.5) is 0 Å². The minimum Gasteiger partial charge on any atom is -0.481 e. The number of ether oxygens (including phenoxy) is 1. The third kappa shape index (κ3) is 5.22. The summed E-state index contributed by atoms with van der Waals surface area (Å²) >= 11 is 0. The van der Waals surface area contributed by atoms with Crippen LogP contribution < -0.4 is 15.7 Å². The lowest BCUT2D eigenvalue weighted by Crippen LogP contribution is -2.36. The Morgan fingerprint density at radius 2 is 1.90 bits per heavy atom. The molecule has 29 heavy (non-hydrogen) atoms. The first-order valence-corrected chi connectivity index (χ1v) is 9.23. The second kappa shape index (κ2) is 9.05. The number of rotatable bonds is 8. The van der Waals surface area contributed by atoms with Gasteiger partial charge < -0.3 is 19.6 Å². The van der Waals surface area contributed by atoms with Crippen molar-refractivity contribution in [1.29, 1.82) is 0 Å². The van der Waals surface area contributed by atoms with E-state index in [9.17, 15) is 14.4 Å². The average molecular weight is 395 g/mol. The van der Waals surface area contributed by atoms with Gasteiger partial charge in [-0.3, -0.25) is 9.59 Å². The van der Waals surface area contributed by atoms with E-state index in [-0.39, 0.29) is 18.9 Å². The van der Waals surface area contributed by atoms with Crippen molar-refractivity contribution >= 4 is 22.8 Å². The molecule has 1 amide bonds. The van der Waals surface area contributed by atoms with E-state index in [1.54, 1.807) is 25.1 Å². The van der Waals surface area contributed by atoms with Gasteiger partial charge in [0, 0.05) is 30.5 Å². The zero-order chi connectivity index (χ0) is 20.8. The maximum atomic E-state index is 12.1. The van der Waals surface area contributed by atoms with Crippen molar-refractivity contribution in [2.24, 2.45) is 0 Å². The molecule has 7 heteroatoms. The Morgan fingerprint density at radius 1 is 1.14 bits per heavy atom. The molecule has 7 nitrogen and oxygen atoms in total. The van der Waals surface area contributed by atoms with Gasteiger partial charge in [0.1, 0.15) is 11.3 Å². The molecule has 0 aliphatic heterocycles. The lowest BCUT2D eigenvalue weighted by Gasteiger charge is -2.15. The minimum atomic E-state index is -0.906. The van der Waals surface area contributed by atoms with Gasteiger partial charge >= 0.3 is 11.6 Å². The molecule has 3 rings (SSSR count). The van der Waals surface area contributed by atoms with Gasteiger partial charge in [0.25, 0.3) is 5.91 Å². The highest BCUT2D eigenvalue weighted by atomic mass is 16.5. The summed E-state index contributed by atoms with van der Waals surface area (Å²) in [6.45, 7) is 1.85. The van der Waals surface area contributed by atoms with Gasteiger partial charge in [0.05, 0.1) is 0 Å². The quantitative estimate of drug-likeness (QED) is 0.448. The van der Waals surface area contributed by atoms with Crippen molar-refractivity contribution in [2.45, 2.75) is 25.9 Å². The van der Waals surface area contributed by atoms with Crippen LogP contribution in [-0.4, -0.2) is 29.6 Å². The summed E-state index contributed by atoms with van der Waals surface area (Å²) in [6.07, 6.45) is -0.457. The predicted molar refractivity (Wildman–Crippen MR) is 108 cm³/mol. The highest BCUT2D eigenvalue weighted by Gasteiger charge is 2.15. The third-order valence-electron chi connectivity index (χ3n) is 4.35. The lowest BCUT2D eigenvalue weighted by molar-refractivity contribution is -0.137. The summed E-state index contributed by atoms with van der Waals surface area (Å²) in [4.78, 5) is 34.6. The predicted octanol–water partition coefficient (Wildman–Crippen LogP) is 3.21. The molecule has 1 heterocycles. The van der Waals surface area contributed by atoms with Crippen LogP contribution in [0.2, 0.25) is 0 Å². The largest absolute Gasteiger partial charge is 0.481 e. The summed E-state index contributed by atoms with van der Waals surface area (Å²) in [5.74, 6) is -0.870. The molecule has 2 aromatic carbocycles. The van der Waals surface area contributed by atoms with E-state index in [0.29, 0.717) is 17.8 Å². The Hall–Kier alpha value is -3.61. The third-order valence-corrected chi connectivity index (χ3v) is 4.35. The van der Waals surface area contributed by atoms with Gasteiger partial charge in [-0.05, 0) is 36.6 Å². The monoisotopic (exact) mass is 395 g/mol. The highest BCUT2D eigenvalue weighted by Crippen LogP contribution is 2.29. The van der Waals surface area contributed by atoms with Crippen molar-refractivity contribution in [1.82, 2.24) is 5.32 Å². The normalized spacial score (nSPS) is 11.8. The minimum absolute atomic E-state index is 0.0109. The molecule has 3 aromatic rings. The summed E-state index contributed by atoms with van der Waals surface area (Å²) in [5, 5.41) is 12.0. The smallest absolute Gasteiger partial charge is 0.336 e. The van der Waals surface area contributed by atoms with Gasteiger partial charge in [-0.25, -0.2) is 4.79 Å². The Balaban J connectivity index is 1.75. The van der Waals surface area contributed by atoms with Crippen LogP contribution in [0.5, 0.6) is 5.75 Å². The van der Waals surface area contributed by atoms with Crippen LogP contribution in [0, 0.1) is 0 Å². The van der Waals surface area contributed by atoms with Crippen molar-refractivity contribution in [3.8, 4) is 16.9 Å². The van der Waals surface area contributed by atoms with Gasteiger partial charge in [-0.1, -0.05) is 30.3 Å². The first-order chi connectivity index (χ1) is 13.9. The number of carbonyl (C=O) groups is 2. The van der Waals surface area contributed by atoms with E-state index < -0.39 is 17.7 Å². The topological polar surface area (TPSA) is 106 Å². The fourth-order valence-corrected chi connectivity index (χ4v) is 2.93. The van der Waals surface area contributed by atoms with Crippen LogP contribution in [0.3, 0.4) is 0 Å². The second-order valence-corrected chi connectivity index (χ2v) is 6.55. The number of benzene rings is 2. The molecule has 150 valence electrons. The fourth-order valence-electron chi connectivity index (χ4n) is 2.93. The molecule has 1 aromatic heterocycles. The van der Waals surface area contributed by atoms with Crippen LogP contribution in [0.25, 0.3) is 22.1 Å². The highest BCUT2D eigenvalue weighted by molar-refractivity contribution is 5.93. The fraction of sp³-hybridized carbons (Fsp3) is 0.227. The van der Waals surface area contributed by atoms with Gasteiger partial charge in [-0.15, -0.1) is 0 Å². The molecule has 0 fully saturated rings. The van der Waals surface area contributed by atoms with E-state index in [2.05, 4.69) is 5.32 Å². The van der Waals surface area contributed by atoms with Crippen molar-refractivity contribution in [3.05, 3.63) is 65.0 Å². The molecule has 1 atom stereocenters. The van der Waals surface area contributed by atoms with E-state index in [4.69, 9.17) is 14.3 Å². The molecule has 0 spiro atoms. The van der Waals surface area contributed by atoms with Gasteiger partial charge in [-0.2, -0.15) is 0 Å². The number of amides is 1. The molecule has 0 aliphatic carbocycles. The Labute approximate surface area is 166 Å². The number of carbonyl (C=O) groups excluding carboxylic acids is 1. The first kappa shape index (κ1) is 20.1. The van der Waals surface area contributed by atoms with Gasteiger partial charge in [0.2, 0.25) is 0 Å². The molecule has 0 aliphatic rings. The standard InChI is InChI=1S/C22H21NO6/c1-14(22(27)23-11-5-8-20(24)25)28-16-9-10-17-18(15-6-3-2-4-7-15)13-21(26)29-19(17)12-16/h2-4,6-7,9-10,12-14H,5,8,11H2,1H3,(H,23,27)(H,24,25)/t14-/m1/s1. The molecule has 0 saturated heterocycles. The maximum absolute atomic E-state index is 12.1. The van der Waals surface area contributed by atoms with Crippen LogP contribution >= 0.6 is 0 Å². The number of hydrogen-bond donors (Lipinski definition) is 2. The molecule has 2 N–H and O–H groups in total. The maximum Gasteiger partial charge on any atom is 0.336 e. The molecule has 0 radical (unpaired) electrons. The number of nitrogens with one attached hydrogen (secondary N) is 1. The van der Waals surface area contributed by atoms with Crippen molar-refractivity contribution in [3.63, 3.8) is 0 Å². The van der Waals surface area contributed by atoms with Crippen molar-refractivity contribution < 1.29 is 23.8 Å². The average Bonchev–Trinajstić information content (AvgIpc) is 2.70. The zero-order valence-corrected chi connectivity index (χ0v) is 15.9. The molecular weight excluding hydrogens is 374 g/mol. The van der Waals surface area contributed by atoms with Crippen LogP contribution in [-0.2, 0) is 9.59 Å². The number of hydrogen-bond acceptors (Lipinski definition) is 5. The molecule has 0 unspecified atom stereocenters. The Morgan fingerprint density at radius 3 is 2.62 bits per heavy atom. The second-order valence-electron chi connectivity index (χ2n) is 6.55. The van der Waals surface area contributed by atoms with Crippen LogP contribution in [0.15, 0.2) is 63.8 Å². The zero-order valence-electron chi connectivity index (χ0n) is 15.9. The summed E-state index contributed by atoms with van der Waals surface area (Å²) < 4.78 is 11.0. The Kier molecular flexibility index (Phi) is 6.29. The molecule has 0 saturated carbocycles.